The number of carboxylic acid groups (broad SMARTS) is 1. The van der Waals surface area contributed by atoms with Crippen LogP contribution < -0.4 is 11.1 Å². The molecule has 1 amide bonds. The van der Waals surface area contributed by atoms with Gasteiger partial charge in [0.25, 0.3) is 0 Å². The van der Waals surface area contributed by atoms with Gasteiger partial charge in [-0.05, 0) is 31.0 Å². The van der Waals surface area contributed by atoms with Crippen molar-refractivity contribution in [3.8, 4) is 0 Å². The normalized spacial score (nSPS) is 37.0. The number of nitrogens with one attached hydrogen (secondary N) is 1. The van der Waals surface area contributed by atoms with E-state index >= 15 is 0 Å². The minimum absolute atomic E-state index is 0.0300. The van der Waals surface area contributed by atoms with Gasteiger partial charge in [0.2, 0.25) is 5.91 Å². The van der Waals surface area contributed by atoms with Crippen molar-refractivity contribution in [1.82, 2.24) is 5.32 Å². The van der Waals surface area contributed by atoms with Crippen molar-refractivity contribution in [3.05, 3.63) is 0 Å². The number of hydrogen-bond donors (Lipinski definition) is 5. The maximum atomic E-state index is 11.8. The molecular formula is C11H19BN2O5. The summed E-state index contributed by atoms with van der Waals surface area (Å²) in [7, 11) is -1.41. The molecule has 2 rings (SSSR count). The Morgan fingerprint density at radius 1 is 1.53 bits per heavy atom. The summed E-state index contributed by atoms with van der Waals surface area (Å²) < 4.78 is 0. The number of fused-ring (bicyclic) bond motifs is 1. The second-order valence-corrected chi connectivity index (χ2v) is 5.60. The average molecular weight is 270 g/mol. The van der Waals surface area contributed by atoms with Gasteiger partial charge in [-0.25, -0.2) is 0 Å². The zero-order valence-electron chi connectivity index (χ0n) is 10.6. The summed E-state index contributed by atoms with van der Waals surface area (Å²) >= 11 is 0. The van der Waals surface area contributed by atoms with E-state index in [2.05, 4.69) is 5.32 Å². The van der Waals surface area contributed by atoms with E-state index in [1.807, 2.05) is 0 Å². The Bertz CT molecular complexity index is 389. The first-order valence-corrected chi connectivity index (χ1v) is 6.52. The summed E-state index contributed by atoms with van der Waals surface area (Å²) in [4.78, 5) is 23.2. The Morgan fingerprint density at radius 2 is 2.21 bits per heavy atom. The van der Waals surface area contributed by atoms with Gasteiger partial charge in [-0.1, -0.05) is 6.42 Å². The molecular weight excluding hydrogens is 251 g/mol. The van der Waals surface area contributed by atoms with Gasteiger partial charge < -0.3 is 26.2 Å². The van der Waals surface area contributed by atoms with E-state index in [1.54, 1.807) is 0 Å². The van der Waals surface area contributed by atoms with Crippen molar-refractivity contribution in [1.29, 1.82) is 0 Å². The third-order valence-electron chi connectivity index (χ3n) is 4.42. The van der Waals surface area contributed by atoms with Crippen LogP contribution in [-0.2, 0) is 9.59 Å². The minimum Gasteiger partial charge on any atom is -0.480 e. The van der Waals surface area contributed by atoms with Crippen LogP contribution in [0.25, 0.3) is 0 Å². The van der Waals surface area contributed by atoms with Gasteiger partial charge in [-0.15, -0.1) is 0 Å². The molecule has 7 nitrogen and oxygen atoms in total. The molecule has 0 aromatic heterocycles. The van der Waals surface area contributed by atoms with Crippen molar-refractivity contribution >= 4 is 19.0 Å². The van der Waals surface area contributed by atoms with E-state index in [-0.39, 0.29) is 30.5 Å². The largest absolute Gasteiger partial charge is 0.480 e. The second kappa shape index (κ2) is 5.11. The van der Waals surface area contributed by atoms with Crippen molar-refractivity contribution in [2.24, 2.45) is 23.5 Å². The summed E-state index contributed by atoms with van der Waals surface area (Å²) in [5, 5.41) is 29.7. The first-order chi connectivity index (χ1) is 8.86. The van der Waals surface area contributed by atoms with Crippen molar-refractivity contribution in [2.75, 3.05) is 6.54 Å². The lowest BCUT2D eigenvalue weighted by Gasteiger charge is -2.29. The number of rotatable bonds is 5. The molecule has 1 aliphatic heterocycles. The fourth-order valence-corrected chi connectivity index (χ4v) is 3.51. The maximum absolute atomic E-state index is 11.8. The molecule has 2 fully saturated rings. The van der Waals surface area contributed by atoms with Gasteiger partial charge in [0.1, 0.15) is 5.54 Å². The molecule has 4 atom stereocenters. The fourth-order valence-electron chi connectivity index (χ4n) is 3.51. The maximum Gasteiger partial charge on any atom is 0.451 e. The van der Waals surface area contributed by atoms with Gasteiger partial charge in [0.15, 0.2) is 0 Å². The topological polar surface area (TPSA) is 133 Å². The number of carboxylic acids is 1. The van der Waals surface area contributed by atoms with Crippen molar-refractivity contribution in [3.63, 3.8) is 0 Å². The minimum atomic E-state index is -1.41. The highest BCUT2D eigenvalue weighted by atomic mass is 16.4. The Labute approximate surface area is 111 Å². The first-order valence-electron chi connectivity index (χ1n) is 6.52. The molecule has 0 aromatic rings. The molecule has 0 spiro atoms. The number of amides is 1. The van der Waals surface area contributed by atoms with E-state index in [0.717, 1.165) is 0 Å². The number of aliphatic carboxylic acids is 1. The monoisotopic (exact) mass is 270 g/mol. The highest BCUT2D eigenvalue weighted by Crippen LogP contribution is 2.47. The third-order valence-corrected chi connectivity index (χ3v) is 4.42. The number of carbonyl (C=O) groups excluding carboxylic acids is 1. The molecule has 0 aromatic carbocycles. The van der Waals surface area contributed by atoms with E-state index in [4.69, 9.17) is 15.8 Å². The van der Waals surface area contributed by atoms with Crippen LogP contribution in [0.4, 0.5) is 0 Å². The van der Waals surface area contributed by atoms with Gasteiger partial charge in [0.05, 0.1) is 0 Å². The first kappa shape index (κ1) is 14.3. The van der Waals surface area contributed by atoms with Crippen LogP contribution in [0.3, 0.4) is 0 Å². The second-order valence-electron chi connectivity index (χ2n) is 5.60. The Morgan fingerprint density at radius 3 is 2.79 bits per heavy atom. The molecule has 6 N–H and O–H groups in total. The summed E-state index contributed by atoms with van der Waals surface area (Å²) in [6.45, 7) is 0.481. The summed E-state index contributed by atoms with van der Waals surface area (Å²) in [5.74, 6) is -2.05. The predicted octanol–water partition coefficient (Wildman–Crippen LogP) is -1.60. The van der Waals surface area contributed by atoms with E-state index in [0.29, 0.717) is 19.4 Å². The molecule has 0 unspecified atom stereocenters. The van der Waals surface area contributed by atoms with Crippen LogP contribution in [0.15, 0.2) is 0 Å². The van der Waals surface area contributed by atoms with Crippen LogP contribution in [0.2, 0.25) is 6.32 Å². The lowest BCUT2D eigenvalue weighted by Crippen LogP contribution is -2.53. The van der Waals surface area contributed by atoms with E-state index in [9.17, 15) is 14.7 Å². The van der Waals surface area contributed by atoms with E-state index < -0.39 is 24.5 Å². The smallest absolute Gasteiger partial charge is 0.451 e. The molecule has 0 radical (unpaired) electrons. The molecule has 1 saturated carbocycles. The van der Waals surface area contributed by atoms with Crippen LogP contribution >= 0.6 is 0 Å². The van der Waals surface area contributed by atoms with Crippen LogP contribution in [-0.4, -0.2) is 46.2 Å². The summed E-state index contributed by atoms with van der Waals surface area (Å²) in [5.41, 5.74) is 4.63. The van der Waals surface area contributed by atoms with Crippen LogP contribution in [0.1, 0.15) is 19.3 Å². The average Bonchev–Trinajstić information content (AvgIpc) is 2.79. The quantitative estimate of drug-likeness (QED) is 0.382. The highest BCUT2D eigenvalue weighted by molar-refractivity contribution is 6.40. The molecule has 1 saturated heterocycles. The van der Waals surface area contributed by atoms with Gasteiger partial charge >= 0.3 is 13.1 Å². The predicted molar refractivity (Wildman–Crippen MR) is 66.9 cm³/mol. The van der Waals surface area contributed by atoms with Crippen LogP contribution in [0, 0.1) is 17.8 Å². The molecule has 2 aliphatic rings. The van der Waals surface area contributed by atoms with Crippen LogP contribution in [0.5, 0.6) is 0 Å². The zero-order chi connectivity index (χ0) is 14.2. The zero-order valence-corrected chi connectivity index (χ0v) is 10.6. The number of nitrogens with two attached hydrogens (primary N) is 1. The van der Waals surface area contributed by atoms with Gasteiger partial charge in [0, 0.05) is 12.5 Å². The van der Waals surface area contributed by atoms with Gasteiger partial charge in [-0.2, -0.15) is 0 Å². The summed E-state index contributed by atoms with van der Waals surface area (Å²) in [6, 6.07) is 0. The van der Waals surface area contributed by atoms with E-state index in [1.165, 1.54) is 0 Å². The SMILES string of the molecule is N[C@@]1(C(=O)O)C[C@H]2CNC(=O)[C@H]2[C@@H]1CCCB(O)O. The molecule has 106 valence electrons. The Hall–Kier alpha value is -1.12. The van der Waals surface area contributed by atoms with Crippen molar-refractivity contribution < 1.29 is 24.7 Å². The Balaban J connectivity index is 2.13. The molecule has 8 heteroatoms. The molecule has 19 heavy (non-hydrogen) atoms. The van der Waals surface area contributed by atoms with Gasteiger partial charge in [-0.3, -0.25) is 9.59 Å². The highest BCUT2D eigenvalue weighted by Gasteiger charge is 2.59. The standard InChI is InChI=1S/C11H19BN2O5/c13-11(10(16)17)4-6-5-14-9(15)8(6)7(11)2-1-3-12(18)19/h6-8,18-19H,1-5,13H2,(H,14,15)(H,16,17)/t6-,7-,8+,11-/m0/s1. The third kappa shape index (κ3) is 2.47. The Kier molecular flexibility index (Phi) is 3.84. The number of carbonyl (C=O) groups is 2. The fraction of sp³-hybridized carbons (Fsp3) is 0.818. The lowest BCUT2D eigenvalue weighted by molar-refractivity contribution is -0.145. The summed E-state index contributed by atoms with van der Waals surface area (Å²) in [6.07, 6.45) is 1.29. The molecule has 1 aliphatic carbocycles. The number of hydrogen-bond acceptors (Lipinski definition) is 5. The lowest BCUT2D eigenvalue weighted by atomic mass is 9.76. The molecule has 1 heterocycles. The molecule has 0 bridgehead atoms. The van der Waals surface area contributed by atoms with Crippen molar-refractivity contribution in [2.45, 2.75) is 31.1 Å².